The van der Waals surface area contributed by atoms with Gasteiger partial charge in [0.1, 0.15) is 0 Å². The first-order valence-corrected chi connectivity index (χ1v) is 13.5. The summed E-state index contributed by atoms with van der Waals surface area (Å²) in [6.07, 6.45) is 0. The Balaban J connectivity index is -0.0000000318. The van der Waals surface area contributed by atoms with Gasteiger partial charge in [-0.1, -0.05) is 24.4 Å². The molecule has 0 atom stereocenters. The minimum absolute atomic E-state index is 0. The van der Waals surface area contributed by atoms with E-state index in [0.717, 1.165) is 24.4 Å². The second-order valence-corrected chi connectivity index (χ2v) is 13.4. The van der Waals surface area contributed by atoms with E-state index in [-0.39, 0.29) is 17.9 Å². The smallest absolute Gasteiger partial charge is 0.550 e. The van der Waals surface area contributed by atoms with Gasteiger partial charge < -0.3 is 19.8 Å². The number of carbonyl (C=O) groups is 2. The van der Waals surface area contributed by atoms with Crippen LogP contribution in [0, 0.1) is 0 Å². The van der Waals surface area contributed by atoms with Crippen molar-refractivity contribution >= 4 is 76.7 Å². The summed E-state index contributed by atoms with van der Waals surface area (Å²) in [6.45, 7) is 5.94. The maximum Gasteiger partial charge on any atom is 2.00 e. The van der Waals surface area contributed by atoms with Crippen molar-refractivity contribution in [2.24, 2.45) is 0 Å². The van der Waals surface area contributed by atoms with Crippen LogP contribution in [0.5, 0.6) is 0 Å². The standard InChI is InChI=1S/2C2H4O2.2C2H5.2Al.4ClH.Ni/c2*1-2(3)4;2*1-2;;;;;;;/h2*1H3,(H,3,4);2*1H2,2H3;;;4*1H;/q;;;;2*+2;;;;;+2/p-5. The Labute approximate surface area is 151 Å². The molecule has 0 rings (SSSR count). The SMILES string of the molecule is CC(=O)[O-].CC(=O)[O-].C[CH2][Al]([Cl])[Cl].C[CH2][Al]([Cl])[Cl].[H+].[Ni+2]. The molecule has 0 unspecified atom stereocenters. The first-order valence-electron chi connectivity index (χ1n) is 4.92. The van der Waals surface area contributed by atoms with Crippen LogP contribution in [0.4, 0.5) is 0 Å². The van der Waals surface area contributed by atoms with Crippen LogP contribution >= 0.6 is 40.2 Å². The number of halogens is 4. The van der Waals surface area contributed by atoms with Gasteiger partial charge in [-0.3, -0.25) is 0 Å². The van der Waals surface area contributed by atoms with Crippen molar-refractivity contribution in [2.75, 3.05) is 0 Å². The summed E-state index contributed by atoms with van der Waals surface area (Å²) in [5, 5.41) is 19.7. The van der Waals surface area contributed by atoms with Crippen LogP contribution in [-0.2, 0) is 26.1 Å². The van der Waals surface area contributed by atoms with Crippen LogP contribution in [0.1, 0.15) is 29.1 Å². The van der Waals surface area contributed by atoms with Crippen molar-refractivity contribution in [1.29, 1.82) is 0 Å². The summed E-state index contributed by atoms with van der Waals surface area (Å²) >= 11 is -2.41. The van der Waals surface area contributed by atoms with Crippen molar-refractivity contribution in [3.05, 3.63) is 0 Å². The van der Waals surface area contributed by atoms with Gasteiger partial charge in [0.2, 0.25) is 0 Å². The molecule has 0 bridgehead atoms. The van der Waals surface area contributed by atoms with Crippen LogP contribution in [-0.4, -0.2) is 36.6 Å². The van der Waals surface area contributed by atoms with Gasteiger partial charge >= 0.3 is 42.5 Å². The summed E-state index contributed by atoms with van der Waals surface area (Å²) in [5.74, 6) is -2.17. The molecule has 116 valence electrons. The molecule has 0 aromatic carbocycles. The van der Waals surface area contributed by atoms with Crippen LogP contribution < -0.4 is 10.2 Å². The quantitative estimate of drug-likeness (QED) is 0.622. The average Bonchev–Trinajstić information content (AvgIpc) is 2.16. The number of rotatable bonds is 2. The molecule has 11 heteroatoms. The van der Waals surface area contributed by atoms with Crippen LogP contribution in [0.15, 0.2) is 0 Å². The van der Waals surface area contributed by atoms with Gasteiger partial charge in [0.05, 0.1) is 0 Å². The zero-order valence-corrected chi connectivity index (χ0v) is 17.4. The molecule has 0 fully saturated rings. The molecule has 0 aromatic rings. The maximum absolute atomic E-state index is 8.89. The van der Waals surface area contributed by atoms with Gasteiger partial charge in [0, 0.05) is 11.9 Å². The Morgan fingerprint density at radius 1 is 0.895 bits per heavy atom. The fourth-order valence-corrected chi connectivity index (χ4v) is 0. The topological polar surface area (TPSA) is 80.3 Å². The van der Waals surface area contributed by atoms with Gasteiger partial charge in [0.15, 0.2) is 0 Å². The third kappa shape index (κ3) is 191. The number of carboxylic acid groups (broad SMARTS) is 2. The first-order chi connectivity index (χ1) is 8.00. The minimum Gasteiger partial charge on any atom is -0.550 e. The van der Waals surface area contributed by atoms with Gasteiger partial charge in [-0.25, -0.2) is 40.2 Å². The van der Waals surface area contributed by atoms with E-state index in [1.807, 2.05) is 13.8 Å². The second kappa shape index (κ2) is 27.9. The molecule has 0 aliphatic rings. The largest absolute Gasteiger partial charge is 2.00 e. The first kappa shape index (κ1) is 32.6. The van der Waals surface area contributed by atoms with Crippen molar-refractivity contribution in [1.82, 2.24) is 0 Å². The fourth-order valence-electron chi connectivity index (χ4n) is 0. The number of hydrogen-bond donors (Lipinski definition) is 0. The average molecular weight is 432 g/mol. The summed E-state index contributed by atoms with van der Waals surface area (Å²) < 4.78 is 0. The molecular weight excluding hydrogens is 415 g/mol. The Kier molecular flexibility index (Phi) is 47.8. The van der Waals surface area contributed by atoms with Gasteiger partial charge in [0.25, 0.3) is 0 Å². The molecule has 0 aliphatic carbocycles. The number of aliphatic carboxylic acids is 2. The van der Waals surface area contributed by atoms with Crippen LogP contribution in [0.25, 0.3) is 0 Å². The van der Waals surface area contributed by atoms with E-state index in [9.17, 15) is 0 Å². The van der Waals surface area contributed by atoms with E-state index >= 15 is 0 Å². The van der Waals surface area contributed by atoms with Crippen LogP contribution in [0.3, 0.4) is 0 Å². The maximum atomic E-state index is 8.89. The molecule has 0 aliphatic heterocycles. The zero-order chi connectivity index (χ0) is 15.7. The second-order valence-electron chi connectivity index (χ2n) is 2.58. The van der Waals surface area contributed by atoms with Gasteiger partial charge in [-0.15, -0.1) is 0 Å². The van der Waals surface area contributed by atoms with E-state index < -0.39 is 36.6 Å². The summed E-state index contributed by atoms with van der Waals surface area (Å²) in [7, 11) is 21.5. The van der Waals surface area contributed by atoms with E-state index in [1.54, 1.807) is 0 Å². The van der Waals surface area contributed by atoms with Crippen molar-refractivity contribution in [2.45, 2.75) is 38.3 Å². The Hall–Kier alpha value is 1.66. The third-order valence-corrected chi connectivity index (χ3v) is 5.55. The van der Waals surface area contributed by atoms with Crippen LogP contribution in [0.2, 0.25) is 10.6 Å². The van der Waals surface area contributed by atoms with E-state index in [2.05, 4.69) is 0 Å². The zero-order valence-electron chi connectivity index (χ0n) is 12.0. The number of hydrogen-bond acceptors (Lipinski definition) is 4. The van der Waals surface area contributed by atoms with Gasteiger partial charge in [-0.05, 0) is 13.8 Å². The molecular formula is C8H17Al2Cl4NiO4+. The Bertz CT molecular complexity index is 177. The normalized spacial score (nSPS) is 6.74. The van der Waals surface area contributed by atoms with E-state index in [4.69, 9.17) is 60.0 Å². The summed E-state index contributed by atoms with van der Waals surface area (Å²) in [6, 6.07) is 0. The Morgan fingerprint density at radius 2 is 0.947 bits per heavy atom. The monoisotopic (exact) mass is 429 g/mol. The fraction of sp³-hybridized carbons (Fsp3) is 0.750. The molecule has 0 saturated heterocycles. The van der Waals surface area contributed by atoms with Crippen molar-refractivity contribution in [3.63, 3.8) is 0 Å². The molecule has 0 heterocycles. The number of carboxylic acids is 2. The molecule has 0 spiro atoms. The molecule has 4 nitrogen and oxygen atoms in total. The number of carbonyl (C=O) groups excluding carboxylic acids is 2. The summed E-state index contributed by atoms with van der Waals surface area (Å²) in [4.78, 5) is 17.8. The molecule has 0 radical (unpaired) electrons. The Morgan fingerprint density at radius 3 is 0.947 bits per heavy atom. The minimum atomic E-state index is -1.21. The third-order valence-electron chi connectivity index (χ3n) is 0.617. The molecule has 0 saturated carbocycles. The molecule has 0 aromatic heterocycles. The predicted molar refractivity (Wildman–Crippen MR) is 78.4 cm³/mol. The molecule has 0 amide bonds. The summed E-state index contributed by atoms with van der Waals surface area (Å²) in [5.41, 5.74) is 0. The van der Waals surface area contributed by atoms with Gasteiger partial charge in [-0.2, -0.15) is 0 Å². The van der Waals surface area contributed by atoms with E-state index in [1.165, 1.54) is 0 Å². The predicted octanol–water partition coefficient (Wildman–Crippen LogP) is 1.57. The molecule has 0 N–H and O–H groups in total. The van der Waals surface area contributed by atoms with E-state index in [0.29, 0.717) is 0 Å². The van der Waals surface area contributed by atoms with Crippen molar-refractivity contribution in [3.8, 4) is 0 Å². The van der Waals surface area contributed by atoms with Crippen molar-refractivity contribution < 1.29 is 37.7 Å². The molecule has 19 heavy (non-hydrogen) atoms.